The van der Waals surface area contributed by atoms with E-state index in [0.717, 1.165) is 25.7 Å². The fourth-order valence-electron chi connectivity index (χ4n) is 3.16. The van der Waals surface area contributed by atoms with E-state index in [2.05, 4.69) is 44.2 Å². The van der Waals surface area contributed by atoms with Crippen LogP contribution < -0.4 is 0 Å². The number of carboxylic acids is 1. The number of aliphatic carboxylic acids is 1. The maximum atomic E-state index is 10.9. The Hall–Kier alpha value is -1.61. The van der Waals surface area contributed by atoms with Gasteiger partial charge in [0.25, 0.3) is 0 Å². The summed E-state index contributed by atoms with van der Waals surface area (Å²) in [7, 11) is 0. The van der Waals surface area contributed by atoms with Crippen LogP contribution in [0.5, 0.6) is 0 Å². The van der Waals surface area contributed by atoms with Gasteiger partial charge >= 0.3 is 5.97 Å². The number of carbonyl (C=O) groups is 1. The molecule has 0 aliphatic heterocycles. The first-order chi connectivity index (χ1) is 11.7. The molecule has 25 heavy (non-hydrogen) atoms. The molecule has 1 aromatic heterocycles. The molecule has 136 valence electrons. The third-order valence-corrected chi connectivity index (χ3v) is 5.93. The van der Waals surface area contributed by atoms with E-state index in [-0.39, 0.29) is 11.8 Å². The van der Waals surface area contributed by atoms with Gasteiger partial charge in [-0.25, -0.2) is 0 Å². The molecule has 0 spiro atoms. The number of hydrogen-bond acceptors (Lipinski definition) is 2. The number of benzene rings is 1. The first kappa shape index (κ1) is 19.7. The highest BCUT2D eigenvalue weighted by Crippen LogP contribution is 2.30. The highest BCUT2D eigenvalue weighted by atomic mass is 32.1. The zero-order valence-corrected chi connectivity index (χ0v) is 16.7. The van der Waals surface area contributed by atoms with Crippen molar-refractivity contribution in [2.75, 3.05) is 0 Å². The van der Waals surface area contributed by atoms with Crippen LogP contribution in [0.3, 0.4) is 0 Å². The average molecular weight is 359 g/mol. The van der Waals surface area contributed by atoms with E-state index >= 15 is 0 Å². The lowest BCUT2D eigenvalue weighted by atomic mass is 9.84. The summed E-state index contributed by atoms with van der Waals surface area (Å²) in [5.41, 5.74) is 4.04. The molecule has 1 heterocycles. The summed E-state index contributed by atoms with van der Waals surface area (Å²) in [6, 6.07) is 11.2. The predicted molar refractivity (Wildman–Crippen MR) is 107 cm³/mol. The highest BCUT2D eigenvalue weighted by molar-refractivity contribution is 7.12. The van der Waals surface area contributed by atoms with Gasteiger partial charge in [-0.05, 0) is 68.6 Å². The van der Waals surface area contributed by atoms with Crippen LogP contribution in [0.1, 0.15) is 59.6 Å². The van der Waals surface area contributed by atoms with Crippen LogP contribution in [-0.4, -0.2) is 11.1 Å². The molecule has 0 aliphatic rings. The zero-order chi connectivity index (χ0) is 18.4. The quantitative estimate of drug-likeness (QED) is 0.599. The molecule has 3 heteroatoms. The minimum absolute atomic E-state index is 0.144. The second-order valence-electron chi connectivity index (χ2n) is 7.87. The van der Waals surface area contributed by atoms with Crippen molar-refractivity contribution in [2.24, 2.45) is 5.41 Å². The van der Waals surface area contributed by atoms with Crippen LogP contribution in [0.4, 0.5) is 0 Å². The highest BCUT2D eigenvalue weighted by Gasteiger charge is 2.22. The van der Waals surface area contributed by atoms with Crippen LogP contribution in [-0.2, 0) is 24.1 Å². The largest absolute Gasteiger partial charge is 0.481 e. The second-order valence-corrected chi connectivity index (χ2v) is 9.21. The molecule has 0 unspecified atom stereocenters. The van der Waals surface area contributed by atoms with Gasteiger partial charge in [0, 0.05) is 9.75 Å². The molecule has 0 radical (unpaired) electrons. The van der Waals surface area contributed by atoms with Gasteiger partial charge in [-0.1, -0.05) is 43.7 Å². The van der Waals surface area contributed by atoms with Crippen molar-refractivity contribution in [3.63, 3.8) is 0 Å². The minimum Gasteiger partial charge on any atom is -0.481 e. The summed E-state index contributed by atoms with van der Waals surface area (Å²) in [4.78, 5) is 13.7. The van der Waals surface area contributed by atoms with Crippen molar-refractivity contribution in [1.29, 1.82) is 0 Å². The topological polar surface area (TPSA) is 37.3 Å². The van der Waals surface area contributed by atoms with E-state index < -0.39 is 5.97 Å². The van der Waals surface area contributed by atoms with E-state index in [0.29, 0.717) is 0 Å². The van der Waals surface area contributed by atoms with Gasteiger partial charge in [-0.15, -0.1) is 11.3 Å². The number of carboxylic acid groups (broad SMARTS) is 1. The maximum absolute atomic E-state index is 10.9. The summed E-state index contributed by atoms with van der Waals surface area (Å²) in [5, 5.41) is 9.00. The van der Waals surface area contributed by atoms with Gasteiger partial charge in [-0.3, -0.25) is 4.79 Å². The van der Waals surface area contributed by atoms with E-state index in [9.17, 15) is 4.79 Å². The summed E-state index contributed by atoms with van der Waals surface area (Å²) in [6.45, 7) is 8.42. The van der Waals surface area contributed by atoms with Crippen molar-refractivity contribution in [1.82, 2.24) is 0 Å². The summed E-state index contributed by atoms with van der Waals surface area (Å²) in [6.07, 6.45) is 5.54. The van der Waals surface area contributed by atoms with Crippen molar-refractivity contribution < 1.29 is 9.90 Å². The van der Waals surface area contributed by atoms with E-state index in [1.807, 2.05) is 25.2 Å². The average Bonchev–Trinajstić information content (AvgIpc) is 2.87. The molecule has 2 nitrogen and oxygen atoms in total. The van der Waals surface area contributed by atoms with Crippen molar-refractivity contribution in [3.05, 3.63) is 56.8 Å². The third-order valence-electron chi connectivity index (χ3n) is 4.78. The molecule has 0 saturated heterocycles. The second kappa shape index (κ2) is 8.66. The van der Waals surface area contributed by atoms with E-state index in [4.69, 9.17) is 5.11 Å². The molecule has 0 aliphatic carbocycles. The van der Waals surface area contributed by atoms with Crippen LogP contribution in [0.15, 0.2) is 30.3 Å². The SMILES string of the molecule is Cc1ccc(CCCc2cc(CCC(C)(C)CC(=O)O)sc2C)cc1. The Kier molecular flexibility index (Phi) is 6.83. The molecule has 0 amide bonds. The molecular formula is C22H30O2S. The molecule has 0 atom stereocenters. The van der Waals surface area contributed by atoms with Crippen molar-refractivity contribution in [3.8, 4) is 0 Å². The Morgan fingerprint density at radius 2 is 1.76 bits per heavy atom. The smallest absolute Gasteiger partial charge is 0.303 e. The van der Waals surface area contributed by atoms with Gasteiger partial charge in [0.05, 0.1) is 6.42 Å². The van der Waals surface area contributed by atoms with Gasteiger partial charge in [0.15, 0.2) is 0 Å². The number of rotatable bonds is 9. The minimum atomic E-state index is -0.704. The summed E-state index contributed by atoms with van der Waals surface area (Å²) >= 11 is 1.87. The first-order valence-electron chi connectivity index (χ1n) is 9.11. The predicted octanol–water partition coefficient (Wildman–Crippen LogP) is 5.97. The Balaban J connectivity index is 1.84. The summed E-state index contributed by atoms with van der Waals surface area (Å²) in [5.74, 6) is -0.704. The zero-order valence-electron chi connectivity index (χ0n) is 15.9. The molecular weight excluding hydrogens is 328 g/mol. The van der Waals surface area contributed by atoms with Crippen LogP contribution in [0.2, 0.25) is 0 Å². The lowest BCUT2D eigenvalue weighted by Crippen LogP contribution is -2.17. The standard InChI is InChI=1S/C22H30O2S/c1-16-8-10-18(11-9-16)6-5-7-19-14-20(25-17(19)2)12-13-22(3,4)15-21(23)24/h8-11,14H,5-7,12-13,15H2,1-4H3,(H,23,24). The van der Waals surface area contributed by atoms with Crippen molar-refractivity contribution >= 4 is 17.3 Å². The third kappa shape index (κ3) is 6.66. The maximum Gasteiger partial charge on any atom is 0.303 e. The van der Waals surface area contributed by atoms with Gasteiger partial charge < -0.3 is 5.11 Å². The van der Waals surface area contributed by atoms with E-state index in [1.165, 1.54) is 32.9 Å². The molecule has 1 N–H and O–H groups in total. The van der Waals surface area contributed by atoms with Gasteiger partial charge in [0.2, 0.25) is 0 Å². The first-order valence-corrected chi connectivity index (χ1v) is 9.92. The Labute approximate surface area is 155 Å². The number of thiophene rings is 1. The fraction of sp³-hybridized carbons (Fsp3) is 0.500. The molecule has 1 aromatic carbocycles. The molecule has 0 fully saturated rings. The Morgan fingerprint density at radius 1 is 1.08 bits per heavy atom. The summed E-state index contributed by atoms with van der Waals surface area (Å²) < 4.78 is 0. The Morgan fingerprint density at radius 3 is 2.40 bits per heavy atom. The molecule has 0 saturated carbocycles. The van der Waals surface area contributed by atoms with Crippen LogP contribution >= 0.6 is 11.3 Å². The lowest BCUT2D eigenvalue weighted by molar-refractivity contribution is -0.139. The number of aryl methyl sites for hydroxylation is 5. The van der Waals surface area contributed by atoms with Crippen molar-refractivity contribution in [2.45, 2.75) is 66.2 Å². The molecule has 2 aromatic rings. The molecule has 0 bridgehead atoms. The van der Waals surface area contributed by atoms with Gasteiger partial charge in [0.1, 0.15) is 0 Å². The molecule has 2 rings (SSSR count). The van der Waals surface area contributed by atoms with Crippen LogP contribution in [0.25, 0.3) is 0 Å². The Bertz CT molecular complexity index is 695. The normalized spacial score (nSPS) is 11.7. The fourth-order valence-corrected chi connectivity index (χ4v) is 4.25. The van der Waals surface area contributed by atoms with Gasteiger partial charge in [-0.2, -0.15) is 0 Å². The van der Waals surface area contributed by atoms with Crippen LogP contribution in [0, 0.1) is 19.3 Å². The number of hydrogen-bond donors (Lipinski definition) is 1. The lowest BCUT2D eigenvalue weighted by Gasteiger charge is -2.21. The van der Waals surface area contributed by atoms with E-state index in [1.54, 1.807) is 0 Å². The monoisotopic (exact) mass is 358 g/mol.